The molecular formula is C23H30ClNO2. The summed E-state index contributed by atoms with van der Waals surface area (Å²) in [4.78, 5) is 2.10. The van der Waals surface area contributed by atoms with E-state index in [9.17, 15) is 5.11 Å². The Labute approximate surface area is 168 Å². The van der Waals surface area contributed by atoms with E-state index >= 15 is 0 Å². The third-order valence-electron chi connectivity index (χ3n) is 5.05. The lowest BCUT2D eigenvalue weighted by molar-refractivity contribution is 0.0150. The van der Waals surface area contributed by atoms with Crippen LogP contribution in [0, 0.1) is 5.92 Å². The lowest BCUT2D eigenvalue weighted by Crippen LogP contribution is -2.44. The van der Waals surface area contributed by atoms with Crippen LogP contribution in [0.15, 0.2) is 54.1 Å². The van der Waals surface area contributed by atoms with Crippen LogP contribution >= 0.6 is 11.6 Å². The highest BCUT2D eigenvalue weighted by Gasteiger charge is 2.36. The van der Waals surface area contributed by atoms with Crippen molar-refractivity contribution < 1.29 is 9.84 Å². The van der Waals surface area contributed by atoms with Gasteiger partial charge in [0, 0.05) is 23.9 Å². The molecule has 2 aromatic carbocycles. The second kappa shape index (κ2) is 9.41. The molecule has 0 saturated carbocycles. The van der Waals surface area contributed by atoms with Gasteiger partial charge in [-0.2, -0.15) is 0 Å². The first kappa shape index (κ1) is 21.5. The Hall–Kier alpha value is -1.81. The van der Waals surface area contributed by atoms with Crippen LogP contribution in [0.1, 0.15) is 25.0 Å². The van der Waals surface area contributed by atoms with E-state index in [4.69, 9.17) is 16.3 Å². The third-order valence-corrected chi connectivity index (χ3v) is 5.42. The van der Waals surface area contributed by atoms with E-state index in [2.05, 4.69) is 11.8 Å². The van der Waals surface area contributed by atoms with Crippen molar-refractivity contribution in [2.24, 2.45) is 5.92 Å². The molecule has 0 spiro atoms. The first-order chi connectivity index (χ1) is 12.8. The van der Waals surface area contributed by atoms with Gasteiger partial charge >= 0.3 is 0 Å². The Morgan fingerprint density at radius 2 is 1.81 bits per heavy atom. The first-order valence-corrected chi connectivity index (χ1v) is 9.57. The van der Waals surface area contributed by atoms with Gasteiger partial charge in [-0.15, -0.1) is 0 Å². The number of hydrogen-bond acceptors (Lipinski definition) is 3. The monoisotopic (exact) mass is 387 g/mol. The molecule has 2 atom stereocenters. The Bertz CT molecular complexity index is 770. The average molecular weight is 388 g/mol. The van der Waals surface area contributed by atoms with E-state index in [1.54, 1.807) is 7.11 Å². The lowest BCUT2D eigenvalue weighted by atomic mass is 9.77. The summed E-state index contributed by atoms with van der Waals surface area (Å²) in [6.07, 6.45) is 2.52. The predicted molar refractivity (Wildman–Crippen MR) is 114 cm³/mol. The second-order valence-corrected chi connectivity index (χ2v) is 7.86. The molecule has 0 bridgehead atoms. The number of nitrogens with zero attached hydrogens (tertiary/aromatic N) is 1. The van der Waals surface area contributed by atoms with E-state index in [0.29, 0.717) is 11.4 Å². The molecule has 0 aliphatic rings. The second-order valence-electron chi connectivity index (χ2n) is 7.46. The minimum atomic E-state index is -1.00. The minimum Gasteiger partial charge on any atom is -0.497 e. The van der Waals surface area contributed by atoms with Gasteiger partial charge < -0.3 is 14.7 Å². The summed E-state index contributed by atoms with van der Waals surface area (Å²) in [5.74, 6) is 0.843. The number of aliphatic hydroxyl groups is 1. The van der Waals surface area contributed by atoms with Crippen LogP contribution in [0.2, 0.25) is 5.02 Å². The SMILES string of the molecule is COc1ccc(/C=C(\C)C(O)(Cc2ccccc2Cl)C(C)CN(C)C)cc1. The molecule has 0 amide bonds. The number of methoxy groups -OCH3 is 1. The summed E-state index contributed by atoms with van der Waals surface area (Å²) in [5.41, 5.74) is 1.90. The number of rotatable bonds is 8. The molecule has 2 rings (SSSR count). The normalized spacial score (nSPS) is 15.5. The van der Waals surface area contributed by atoms with Crippen LogP contribution in [0.25, 0.3) is 6.08 Å². The number of halogens is 1. The quantitative estimate of drug-likeness (QED) is 0.697. The Kier molecular flexibility index (Phi) is 7.49. The molecule has 4 heteroatoms. The molecule has 0 radical (unpaired) electrons. The summed E-state index contributed by atoms with van der Waals surface area (Å²) in [5, 5.41) is 12.4. The summed E-state index contributed by atoms with van der Waals surface area (Å²) < 4.78 is 5.23. The van der Waals surface area contributed by atoms with Gasteiger partial charge in [0.05, 0.1) is 12.7 Å². The zero-order valence-electron chi connectivity index (χ0n) is 16.9. The van der Waals surface area contributed by atoms with Gasteiger partial charge in [-0.3, -0.25) is 0 Å². The molecule has 0 aliphatic carbocycles. The molecule has 146 valence electrons. The fourth-order valence-electron chi connectivity index (χ4n) is 3.41. The summed E-state index contributed by atoms with van der Waals surface area (Å²) >= 11 is 6.38. The number of benzene rings is 2. The molecule has 1 N–H and O–H groups in total. The third kappa shape index (κ3) is 5.58. The Morgan fingerprint density at radius 1 is 1.19 bits per heavy atom. The van der Waals surface area contributed by atoms with Gasteiger partial charge in [0.1, 0.15) is 5.75 Å². The Balaban J connectivity index is 2.40. The molecule has 0 heterocycles. The van der Waals surface area contributed by atoms with Crippen molar-refractivity contribution in [1.82, 2.24) is 4.90 Å². The van der Waals surface area contributed by atoms with Crippen molar-refractivity contribution in [3.05, 3.63) is 70.3 Å². The van der Waals surface area contributed by atoms with E-state index in [1.807, 2.05) is 75.6 Å². The van der Waals surface area contributed by atoms with Crippen molar-refractivity contribution in [3.63, 3.8) is 0 Å². The van der Waals surface area contributed by atoms with Gasteiger partial charge in [0.25, 0.3) is 0 Å². The van der Waals surface area contributed by atoms with Crippen LogP contribution < -0.4 is 4.74 Å². The molecule has 0 aliphatic heterocycles. The van der Waals surface area contributed by atoms with Gasteiger partial charge in [0.15, 0.2) is 0 Å². The maximum atomic E-state index is 11.8. The van der Waals surface area contributed by atoms with Crippen LogP contribution in [-0.2, 0) is 6.42 Å². The molecule has 0 fully saturated rings. The van der Waals surface area contributed by atoms with Crippen molar-refractivity contribution in [1.29, 1.82) is 0 Å². The molecule has 3 nitrogen and oxygen atoms in total. The zero-order chi connectivity index (χ0) is 20.0. The number of hydrogen-bond donors (Lipinski definition) is 1. The molecular weight excluding hydrogens is 358 g/mol. The van der Waals surface area contributed by atoms with Gasteiger partial charge in [-0.05, 0) is 55.9 Å². The van der Waals surface area contributed by atoms with Crippen molar-refractivity contribution in [2.45, 2.75) is 25.9 Å². The van der Waals surface area contributed by atoms with E-state index in [0.717, 1.165) is 29.0 Å². The highest BCUT2D eigenvalue weighted by molar-refractivity contribution is 6.31. The maximum absolute atomic E-state index is 11.8. The van der Waals surface area contributed by atoms with Crippen molar-refractivity contribution in [3.8, 4) is 5.75 Å². The van der Waals surface area contributed by atoms with Gasteiger partial charge in [-0.25, -0.2) is 0 Å². The highest BCUT2D eigenvalue weighted by atomic mass is 35.5. The predicted octanol–water partition coefficient (Wildman–Crippen LogP) is 4.92. The highest BCUT2D eigenvalue weighted by Crippen LogP contribution is 2.34. The fraction of sp³-hybridized carbons (Fsp3) is 0.391. The maximum Gasteiger partial charge on any atom is 0.118 e. The molecule has 2 aromatic rings. The largest absolute Gasteiger partial charge is 0.497 e. The van der Waals surface area contributed by atoms with Crippen LogP contribution in [-0.4, -0.2) is 43.4 Å². The number of ether oxygens (including phenoxy) is 1. The van der Waals surface area contributed by atoms with Crippen molar-refractivity contribution in [2.75, 3.05) is 27.7 Å². The average Bonchev–Trinajstić information content (AvgIpc) is 2.63. The molecule has 27 heavy (non-hydrogen) atoms. The van der Waals surface area contributed by atoms with Gasteiger partial charge in [0.2, 0.25) is 0 Å². The van der Waals surface area contributed by atoms with E-state index in [-0.39, 0.29) is 5.92 Å². The van der Waals surface area contributed by atoms with Gasteiger partial charge in [-0.1, -0.05) is 54.9 Å². The van der Waals surface area contributed by atoms with Crippen molar-refractivity contribution >= 4 is 17.7 Å². The minimum absolute atomic E-state index is 0.0262. The standard InChI is InChI=1S/C23H30ClNO2/c1-17(14-19-10-12-21(27-5)13-11-19)23(26,18(2)16-25(3)4)15-20-8-6-7-9-22(20)24/h6-14,18,26H,15-16H2,1-5H3/b17-14+. The molecule has 0 saturated heterocycles. The summed E-state index contributed by atoms with van der Waals surface area (Å²) in [6, 6.07) is 15.6. The smallest absolute Gasteiger partial charge is 0.118 e. The van der Waals surface area contributed by atoms with Crippen LogP contribution in [0.3, 0.4) is 0 Å². The van der Waals surface area contributed by atoms with Crippen LogP contribution in [0.5, 0.6) is 5.75 Å². The van der Waals surface area contributed by atoms with E-state index in [1.165, 1.54) is 0 Å². The fourth-order valence-corrected chi connectivity index (χ4v) is 3.61. The molecule has 2 unspecified atom stereocenters. The summed E-state index contributed by atoms with van der Waals surface area (Å²) in [7, 11) is 5.70. The molecule has 0 aromatic heterocycles. The van der Waals surface area contributed by atoms with E-state index < -0.39 is 5.60 Å². The first-order valence-electron chi connectivity index (χ1n) is 9.19. The summed E-state index contributed by atoms with van der Waals surface area (Å²) in [6.45, 7) is 4.85. The topological polar surface area (TPSA) is 32.7 Å². The zero-order valence-corrected chi connectivity index (χ0v) is 17.6. The Morgan fingerprint density at radius 3 is 2.37 bits per heavy atom. The lowest BCUT2D eigenvalue weighted by Gasteiger charge is -2.37. The van der Waals surface area contributed by atoms with Crippen LogP contribution in [0.4, 0.5) is 0 Å².